The molecule has 1 N–H and O–H groups in total. The molecule has 0 aliphatic rings. The van der Waals surface area contributed by atoms with Gasteiger partial charge in [-0.1, -0.05) is 53.7 Å². The van der Waals surface area contributed by atoms with Crippen LogP contribution in [0.2, 0.25) is 0 Å². The van der Waals surface area contributed by atoms with E-state index in [0.717, 1.165) is 29.7 Å². The maximum Gasteiger partial charge on any atom is 0.303 e. The van der Waals surface area contributed by atoms with Gasteiger partial charge in [0.1, 0.15) is 6.04 Å². The smallest absolute Gasteiger partial charge is 0.303 e. The summed E-state index contributed by atoms with van der Waals surface area (Å²) in [6.45, 7) is 4.01. The summed E-state index contributed by atoms with van der Waals surface area (Å²) in [5, 5.41) is 12.3. The molecule has 5 nitrogen and oxygen atoms in total. The van der Waals surface area contributed by atoms with Gasteiger partial charge in [0, 0.05) is 24.2 Å². The Labute approximate surface area is 189 Å². The summed E-state index contributed by atoms with van der Waals surface area (Å²) in [4.78, 5) is 26.8. The Morgan fingerprint density at radius 3 is 2.41 bits per heavy atom. The minimum absolute atomic E-state index is 0.0356. The molecule has 0 amide bonds. The minimum Gasteiger partial charge on any atom is -0.481 e. The Morgan fingerprint density at radius 2 is 1.75 bits per heavy atom. The van der Waals surface area contributed by atoms with Gasteiger partial charge < -0.3 is 5.11 Å². The lowest BCUT2D eigenvalue weighted by atomic mass is 9.82. The SMILES string of the molecule is Cc1cc(C(CC(c2ccc(CCCCC(=O)O)cc2)c2ccccc2C)N=O)ccn1. The quantitative estimate of drug-likeness (QED) is 0.277. The van der Waals surface area contributed by atoms with Crippen molar-refractivity contribution in [3.05, 3.63) is 105 Å². The summed E-state index contributed by atoms with van der Waals surface area (Å²) in [6, 6.07) is 20.1. The number of unbranched alkanes of at least 4 members (excludes halogenated alkanes) is 1. The van der Waals surface area contributed by atoms with Crippen molar-refractivity contribution < 1.29 is 9.90 Å². The number of aryl methyl sites for hydroxylation is 3. The highest BCUT2D eigenvalue weighted by molar-refractivity contribution is 5.66. The molecule has 0 bridgehead atoms. The number of nitroso groups, excluding NO2 is 1. The molecule has 3 rings (SSSR count). The van der Waals surface area contributed by atoms with Crippen LogP contribution in [-0.2, 0) is 11.2 Å². The Kier molecular flexibility index (Phi) is 8.26. The second-order valence-electron chi connectivity index (χ2n) is 8.34. The molecule has 0 saturated carbocycles. The predicted molar refractivity (Wildman–Crippen MR) is 127 cm³/mol. The van der Waals surface area contributed by atoms with Gasteiger partial charge in [-0.25, -0.2) is 0 Å². The zero-order chi connectivity index (χ0) is 22.9. The molecule has 5 heteroatoms. The highest BCUT2D eigenvalue weighted by Gasteiger charge is 2.23. The number of rotatable bonds is 11. The highest BCUT2D eigenvalue weighted by Crippen LogP contribution is 2.37. The van der Waals surface area contributed by atoms with Gasteiger partial charge in [-0.05, 0) is 79.5 Å². The van der Waals surface area contributed by atoms with Crippen LogP contribution in [0.5, 0.6) is 0 Å². The minimum atomic E-state index is -0.746. The third kappa shape index (κ3) is 6.33. The molecule has 2 atom stereocenters. The van der Waals surface area contributed by atoms with Crippen LogP contribution in [0, 0.1) is 18.8 Å². The van der Waals surface area contributed by atoms with Gasteiger partial charge in [0.15, 0.2) is 0 Å². The van der Waals surface area contributed by atoms with Gasteiger partial charge in [0.05, 0.1) is 0 Å². The summed E-state index contributed by atoms with van der Waals surface area (Å²) in [5.74, 6) is -0.711. The molecule has 0 spiro atoms. The zero-order valence-electron chi connectivity index (χ0n) is 18.7. The number of pyridine rings is 1. The third-order valence-electron chi connectivity index (χ3n) is 5.94. The van der Waals surface area contributed by atoms with E-state index >= 15 is 0 Å². The maximum atomic E-state index is 11.8. The fraction of sp³-hybridized carbons (Fsp3) is 0.333. The number of hydrogen-bond acceptors (Lipinski definition) is 4. The Morgan fingerprint density at radius 1 is 1.00 bits per heavy atom. The van der Waals surface area contributed by atoms with E-state index in [1.807, 2.05) is 31.2 Å². The number of hydrogen-bond donors (Lipinski definition) is 1. The standard InChI is InChI=1S/C27H30N2O3/c1-19-7-3-5-9-24(19)25(18-26(29-32)23-15-16-28-20(2)17-23)22-13-11-21(12-14-22)8-4-6-10-27(30)31/h3,5,7,9,11-17,25-26H,4,6,8,10,18H2,1-2H3,(H,30,31). The Balaban J connectivity index is 1.84. The van der Waals surface area contributed by atoms with Gasteiger partial charge in [0.2, 0.25) is 0 Å². The van der Waals surface area contributed by atoms with Crippen molar-refractivity contribution in [2.24, 2.45) is 5.18 Å². The average Bonchev–Trinajstić information content (AvgIpc) is 2.79. The number of benzene rings is 2. The van der Waals surface area contributed by atoms with Crippen LogP contribution in [0.25, 0.3) is 0 Å². The molecule has 32 heavy (non-hydrogen) atoms. The highest BCUT2D eigenvalue weighted by atomic mass is 16.4. The topological polar surface area (TPSA) is 79.6 Å². The van der Waals surface area contributed by atoms with E-state index in [2.05, 4.69) is 53.5 Å². The summed E-state index contributed by atoms with van der Waals surface area (Å²) >= 11 is 0. The van der Waals surface area contributed by atoms with E-state index in [1.54, 1.807) is 6.20 Å². The molecule has 0 fully saturated rings. The monoisotopic (exact) mass is 430 g/mol. The average molecular weight is 431 g/mol. The van der Waals surface area contributed by atoms with Crippen LogP contribution in [0.1, 0.15) is 71.2 Å². The van der Waals surface area contributed by atoms with Crippen molar-refractivity contribution in [3.63, 3.8) is 0 Å². The van der Waals surface area contributed by atoms with Crippen molar-refractivity contribution in [1.82, 2.24) is 4.98 Å². The molecule has 0 aliphatic heterocycles. The van der Waals surface area contributed by atoms with Crippen LogP contribution in [0.15, 0.2) is 72.0 Å². The largest absolute Gasteiger partial charge is 0.481 e. The lowest BCUT2D eigenvalue weighted by molar-refractivity contribution is -0.137. The number of aliphatic carboxylic acids is 1. The molecule has 1 heterocycles. The van der Waals surface area contributed by atoms with Crippen LogP contribution in [0.3, 0.4) is 0 Å². The molecule has 1 aromatic heterocycles. The number of carboxylic acid groups (broad SMARTS) is 1. The lowest BCUT2D eigenvalue weighted by Crippen LogP contribution is -2.09. The first-order chi connectivity index (χ1) is 15.5. The fourth-order valence-electron chi connectivity index (χ4n) is 4.18. The Bertz CT molecular complexity index is 1050. The molecule has 2 aromatic carbocycles. The van der Waals surface area contributed by atoms with E-state index in [4.69, 9.17) is 5.11 Å². The predicted octanol–water partition coefficient (Wildman–Crippen LogP) is 6.53. The fourth-order valence-corrected chi connectivity index (χ4v) is 4.18. The van der Waals surface area contributed by atoms with Gasteiger partial charge >= 0.3 is 5.97 Å². The second kappa shape index (κ2) is 11.3. The first-order valence-electron chi connectivity index (χ1n) is 11.1. The molecule has 166 valence electrons. The summed E-state index contributed by atoms with van der Waals surface area (Å²) in [5.41, 5.74) is 6.48. The van der Waals surface area contributed by atoms with Crippen LogP contribution in [0.4, 0.5) is 0 Å². The van der Waals surface area contributed by atoms with Gasteiger partial charge in [-0.3, -0.25) is 9.78 Å². The van der Waals surface area contributed by atoms with E-state index in [-0.39, 0.29) is 12.3 Å². The molecule has 0 aliphatic carbocycles. The van der Waals surface area contributed by atoms with Crippen LogP contribution < -0.4 is 0 Å². The lowest BCUT2D eigenvalue weighted by Gasteiger charge is -2.23. The molecular formula is C27H30N2O3. The van der Waals surface area contributed by atoms with Crippen molar-refractivity contribution in [1.29, 1.82) is 0 Å². The molecule has 0 radical (unpaired) electrons. The number of carbonyl (C=O) groups is 1. The van der Waals surface area contributed by atoms with Gasteiger partial charge in [0.25, 0.3) is 0 Å². The summed E-state index contributed by atoms with van der Waals surface area (Å²) in [6.07, 6.45) is 4.91. The van der Waals surface area contributed by atoms with Crippen molar-refractivity contribution in [2.45, 2.75) is 57.9 Å². The molecule has 0 saturated heterocycles. The number of aromatic nitrogens is 1. The first-order valence-corrected chi connectivity index (χ1v) is 11.1. The van der Waals surface area contributed by atoms with Crippen molar-refractivity contribution in [2.75, 3.05) is 0 Å². The number of carboxylic acids is 1. The van der Waals surface area contributed by atoms with Gasteiger partial charge in [-0.15, -0.1) is 0 Å². The molecule has 3 aromatic rings. The van der Waals surface area contributed by atoms with E-state index in [1.165, 1.54) is 16.7 Å². The van der Waals surface area contributed by atoms with E-state index in [9.17, 15) is 9.70 Å². The van der Waals surface area contributed by atoms with Crippen LogP contribution >= 0.6 is 0 Å². The molecule has 2 unspecified atom stereocenters. The third-order valence-corrected chi connectivity index (χ3v) is 5.94. The molecular weight excluding hydrogens is 400 g/mol. The Hall–Kier alpha value is -3.34. The van der Waals surface area contributed by atoms with Crippen molar-refractivity contribution >= 4 is 5.97 Å². The zero-order valence-corrected chi connectivity index (χ0v) is 18.7. The second-order valence-corrected chi connectivity index (χ2v) is 8.34. The number of nitrogens with zero attached hydrogens (tertiary/aromatic N) is 2. The van der Waals surface area contributed by atoms with E-state index < -0.39 is 12.0 Å². The van der Waals surface area contributed by atoms with Gasteiger partial charge in [-0.2, -0.15) is 4.91 Å². The normalized spacial score (nSPS) is 12.8. The van der Waals surface area contributed by atoms with Crippen LogP contribution in [-0.4, -0.2) is 16.1 Å². The summed E-state index contributed by atoms with van der Waals surface area (Å²) < 4.78 is 0. The van der Waals surface area contributed by atoms with E-state index in [0.29, 0.717) is 12.8 Å². The summed E-state index contributed by atoms with van der Waals surface area (Å²) in [7, 11) is 0. The maximum absolute atomic E-state index is 11.8. The van der Waals surface area contributed by atoms with Crippen molar-refractivity contribution in [3.8, 4) is 0 Å². The first kappa shape index (κ1) is 23.3.